The summed E-state index contributed by atoms with van der Waals surface area (Å²) in [5.74, 6) is 0. The Morgan fingerprint density at radius 2 is 2.44 bits per heavy atom. The maximum Gasteiger partial charge on any atom is 0.268 e. The zero-order valence-corrected chi connectivity index (χ0v) is 5.70. The summed E-state index contributed by atoms with van der Waals surface area (Å²) in [4.78, 5) is 13.2. The van der Waals surface area contributed by atoms with Gasteiger partial charge in [0.15, 0.2) is 0 Å². The molecule has 0 saturated carbocycles. The number of carbonyl (C=O) groups excluding carboxylic acids is 1. The van der Waals surface area contributed by atoms with Crippen molar-refractivity contribution in [1.29, 1.82) is 0 Å². The first-order valence-electron chi connectivity index (χ1n) is 2.55. The normalized spacial score (nSPS) is 9.56. The summed E-state index contributed by atoms with van der Waals surface area (Å²) in [6.45, 7) is 1.83. The van der Waals surface area contributed by atoms with Crippen LogP contribution in [0.2, 0.25) is 0 Å². The smallest absolute Gasteiger partial charge is 0.268 e. The molecule has 0 aromatic carbocycles. The van der Waals surface area contributed by atoms with E-state index in [0.29, 0.717) is 5.69 Å². The predicted octanol–water partition coefficient (Wildman–Crippen LogP) is 1.70. The van der Waals surface area contributed by atoms with E-state index in [1.54, 1.807) is 12.3 Å². The Kier molecular flexibility index (Phi) is 1.58. The van der Waals surface area contributed by atoms with E-state index in [9.17, 15) is 4.79 Å². The highest BCUT2D eigenvalue weighted by atomic mass is 35.5. The molecule has 48 valence electrons. The highest BCUT2D eigenvalue weighted by Crippen LogP contribution is 2.06. The fourth-order valence-corrected chi connectivity index (χ4v) is 0.863. The van der Waals surface area contributed by atoms with Crippen LogP contribution in [0, 0.1) is 6.92 Å². The molecule has 0 unspecified atom stereocenters. The van der Waals surface area contributed by atoms with Gasteiger partial charge in [-0.25, -0.2) is 0 Å². The number of nitrogens with one attached hydrogen (secondary N) is 1. The largest absolute Gasteiger partial charge is 0.358 e. The van der Waals surface area contributed by atoms with Crippen molar-refractivity contribution in [2.75, 3.05) is 0 Å². The minimum Gasteiger partial charge on any atom is -0.358 e. The number of aromatic amines is 1. The Hall–Kier alpha value is -0.760. The first-order chi connectivity index (χ1) is 4.22. The van der Waals surface area contributed by atoms with E-state index < -0.39 is 5.24 Å². The van der Waals surface area contributed by atoms with Crippen LogP contribution in [0.3, 0.4) is 0 Å². The van der Waals surface area contributed by atoms with Gasteiger partial charge in [-0.2, -0.15) is 0 Å². The van der Waals surface area contributed by atoms with Crippen molar-refractivity contribution in [2.45, 2.75) is 6.92 Å². The lowest BCUT2D eigenvalue weighted by atomic mass is 10.3. The van der Waals surface area contributed by atoms with Gasteiger partial charge < -0.3 is 4.98 Å². The highest BCUT2D eigenvalue weighted by molar-refractivity contribution is 6.67. The molecule has 1 aromatic rings. The number of halogens is 1. The van der Waals surface area contributed by atoms with Crippen molar-refractivity contribution in [3.8, 4) is 0 Å². The topological polar surface area (TPSA) is 32.9 Å². The fraction of sp³-hybridized carbons (Fsp3) is 0.167. The molecule has 0 amide bonds. The summed E-state index contributed by atoms with van der Waals surface area (Å²) in [5, 5.41) is -0.433. The molecule has 0 fully saturated rings. The maximum atomic E-state index is 10.5. The van der Waals surface area contributed by atoms with E-state index in [-0.39, 0.29) is 0 Å². The minimum absolute atomic E-state index is 0.433. The standard InChI is InChI=1S/C6H6ClNO/c1-4-2-3-8-5(4)6(7)9/h2-3,8H,1H3. The molecule has 3 heteroatoms. The average Bonchev–Trinajstić information content (AvgIpc) is 2.13. The molecule has 1 rings (SSSR count). The number of aryl methyl sites for hydroxylation is 1. The summed E-state index contributed by atoms with van der Waals surface area (Å²) >= 11 is 5.18. The Morgan fingerprint density at radius 3 is 2.67 bits per heavy atom. The van der Waals surface area contributed by atoms with Crippen LogP contribution < -0.4 is 0 Å². The van der Waals surface area contributed by atoms with E-state index in [1.165, 1.54) is 0 Å². The second kappa shape index (κ2) is 2.23. The summed E-state index contributed by atoms with van der Waals surface area (Å²) < 4.78 is 0. The van der Waals surface area contributed by atoms with Crippen LogP contribution in [-0.2, 0) is 0 Å². The zero-order valence-electron chi connectivity index (χ0n) is 4.94. The quantitative estimate of drug-likeness (QED) is 0.597. The van der Waals surface area contributed by atoms with Gasteiger partial charge in [0.05, 0.1) is 0 Å². The van der Waals surface area contributed by atoms with Crippen LogP contribution in [0.1, 0.15) is 16.1 Å². The number of carbonyl (C=O) groups is 1. The first-order valence-corrected chi connectivity index (χ1v) is 2.93. The number of hydrogen-bond acceptors (Lipinski definition) is 1. The molecule has 0 spiro atoms. The van der Waals surface area contributed by atoms with Gasteiger partial charge in [-0.15, -0.1) is 0 Å². The van der Waals surface area contributed by atoms with Gasteiger partial charge in [0, 0.05) is 6.20 Å². The van der Waals surface area contributed by atoms with Crippen LogP contribution >= 0.6 is 11.6 Å². The minimum atomic E-state index is -0.433. The molecule has 1 heterocycles. The molecule has 0 aliphatic carbocycles. The molecule has 0 aliphatic heterocycles. The van der Waals surface area contributed by atoms with Crippen molar-refractivity contribution >= 4 is 16.8 Å². The van der Waals surface area contributed by atoms with Crippen LogP contribution in [-0.4, -0.2) is 10.2 Å². The lowest BCUT2D eigenvalue weighted by Gasteiger charge is -1.86. The van der Waals surface area contributed by atoms with E-state index >= 15 is 0 Å². The molecule has 0 radical (unpaired) electrons. The molecule has 0 saturated heterocycles. The van der Waals surface area contributed by atoms with Crippen LogP contribution in [0.15, 0.2) is 12.3 Å². The van der Waals surface area contributed by atoms with Crippen molar-refractivity contribution in [3.05, 3.63) is 23.5 Å². The summed E-state index contributed by atoms with van der Waals surface area (Å²) in [6, 6.07) is 1.80. The van der Waals surface area contributed by atoms with Crippen molar-refractivity contribution in [3.63, 3.8) is 0 Å². The molecule has 0 atom stereocenters. The second-order valence-electron chi connectivity index (χ2n) is 1.81. The number of H-pyrrole nitrogens is 1. The lowest BCUT2D eigenvalue weighted by Crippen LogP contribution is -1.89. The third-order valence-corrected chi connectivity index (χ3v) is 1.34. The maximum absolute atomic E-state index is 10.5. The lowest BCUT2D eigenvalue weighted by molar-refractivity contribution is 0.107. The third kappa shape index (κ3) is 1.13. The van der Waals surface area contributed by atoms with E-state index in [0.717, 1.165) is 5.56 Å². The molecular formula is C6H6ClNO. The van der Waals surface area contributed by atoms with E-state index in [2.05, 4.69) is 4.98 Å². The average molecular weight is 144 g/mol. The molecule has 1 aromatic heterocycles. The molecule has 0 bridgehead atoms. The van der Waals surface area contributed by atoms with Crippen LogP contribution in [0.25, 0.3) is 0 Å². The van der Waals surface area contributed by atoms with Gasteiger partial charge >= 0.3 is 0 Å². The SMILES string of the molecule is Cc1cc[nH]c1C(=O)Cl. The molecular weight excluding hydrogens is 138 g/mol. The second-order valence-corrected chi connectivity index (χ2v) is 2.15. The number of aromatic nitrogens is 1. The Bertz CT molecular complexity index is 229. The Morgan fingerprint density at radius 1 is 1.78 bits per heavy atom. The van der Waals surface area contributed by atoms with Gasteiger partial charge in [-0.1, -0.05) is 0 Å². The first kappa shape index (κ1) is 6.36. The zero-order chi connectivity index (χ0) is 6.85. The highest BCUT2D eigenvalue weighted by Gasteiger charge is 2.04. The monoisotopic (exact) mass is 143 g/mol. The molecule has 9 heavy (non-hydrogen) atoms. The van der Waals surface area contributed by atoms with E-state index in [1.807, 2.05) is 6.92 Å². The van der Waals surface area contributed by atoms with Crippen molar-refractivity contribution < 1.29 is 4.79 Å². The Balaban J connectivity index is 3.08. The van der Waals surface area contributed by atoms with Gasteiger partial charge in [0.1, 0.15) is 5.69 Å². The van der Waals surface area contributed by atoms with Crippen molar-refractivity contribution in [1.82, 2.24) is 4.98 Å². The molecule has 0 aliphatic rings. The van der Waals surface area contributed by atoms with Gasteiger partial charge in [0.25, 0.3) is 5.24 Å². The summed E-state index contributed by atoms with van der Waals surface area (Å²) in [5.41, 5.74) is 1.37. The van der Waals surface area contributed by atoms with Crippen LogP contribution in [0.5, 0.6) is 0 Å². The number of hydrogen-bond donors (Lipinski definition) is 1. The summed E-state index contributed by atoms with van der Waals surface area (Å²) in [7, 11) is 0. The number of rotatable bonds is 1. The fourth-order valence-electron chi connectivity index (χ4n) is 0.659. The van der Waals surface area contributed by atoms with E-state index in [4.69, 9.17) is 11.6 Å². The van der Waals surface area contributed by atoms with Gasteiger partial charge in [-0.3, -0.25) is 4.79 Å². The predicted molar refractivity (Wildman–Crippen MR) is 35.7 cm³/mol. The summed E-state index contributed by atoms with van der Waals surface area (Å²) in [6.07, 6.45) is 1.69. The van der Waals surface area contributed by atoms with Crippen LogP contribution in [0.4, 0.5) is 0 Å². The molecule has 2 nitrogen and oxygen atoms in total. The molecule has 1 N–H and O–H groups in total. The van der Waals surface area contributed by atoms with Gasteiger partial charge in [0.2, 0.25) is 0 Å². The van der Waals surface area contributed by atoms with Crippen molar-refractivity contribution in [2.24, 2.45) is 0 Å². The third-order valence-electron chi connectivity index (χ3n) is 1.15. The van der Waals surface area contributed by atoms with Gasteiger partial charge in [-0.05, 0) is 30.2 Å². The Labute approximate surface area is 57.8 Å².